The zero-order valence-corrected chi connectivity index (χ0v) is 18.4. The normalized spacial score (nSPS) is 19.8. The summed E-state index contributed by atoms with van der Waals surface area (Å²) in [6.45, 7) is 3.49. The summed E-state index contributed by atoms with van der Waals surface area (Å²) in [4.78, 5) is 21.2. The molecule has 1 unspecified atom stereocenters. The van der Waals surface area contributed by atoms with E-state index in [-0.39, 0.29) is 18.2 Å². The number of para-hydroxylation sites is 1. The van der Waals surface area contributed by atoms with Gasteiger partial charge in [-0.05, 0) is 43.4 Å². The molecule has 0 spiro atoms. The van der Waals surface area contributed by atoms with E-state index >= 15 is 0 Å². The molecule has 2 aliphatic rings. The van der Waals surface area contributed by atoms with E-state index in [0.29, 0.717) is 18.7 Å². The minimum absolute atomic E-state index is 0.196. The fraction of sp³-hybridized carbons (Fsp3) is 0.435. The molecular formula is C23H26N4O3S. The first-order valence-electron chi connectivity index (χ1n) is 10.5. The molecule has 1 aromatic carbocycles. The Hall–Kier alpha value is -2.76. The number of carbonyl (C=O) groups excluding carboxylic acids is 1. The van der Waals surface area contributed by atoms with Crippen molar-refractivity contribution in [3.63, 3.8) is 0 Å². The molecule has 0 N–H and O–H groups in total. The molecule has 0 saturated carbocycles. The number of hydrogen-bond acceptors (Lipinski definition) is 7. The maximum Gasteiger partial charge on any atom is 0.410 e. The lowest BCUT2D eigenvalue weighted by atomic mass is 10.0. The highest BCUT2D eigenvalue weighted by Crippen LogP contribution is 2.24. The van der Waals surface area contributed by atoms with Crippen molar-refractivity contribution in [1.82, 2.24) is 14.8 Å². The van der Waals surface area contributed by atoms with Gasteiger partial charge in [-0.3, -0.25) is 4.90 Å². The van der Waals surface area contributed by atoms with Gasteiger partial charge in [-0.15, -0.1) is 11.8 Å². The third-order valence-electron chi connectivity index (χ3n) is 5.70. The van der Waals surface area contributed by atoms with Crippen LogP contribution in [0.25, 0.3) is 0 Å². The van der Waals surface area contributed by atoms with Gasteiger partial charge in [0, 0.05) is 25.7 Å². The highest BCUT2D eigenvalue weighted by atomic mass is 32.2. The van der Waals surface area contributed by atoms with Crippen LogP contribution in [-0.4, -0.2) is 65.5 Å². The first kappa shape index (κ1) is 21.5. The number of piperidine rings is 1. The highest BCUT2D eigenvalue weighted by Gasteiger charge is 2.37. The molecule has 2 aliphatic heterocycles. The van der Waals surface area contributed by atoms with E-state index in [2.05, 4.69) is 16.0 Å². The first-order chi connectivity index (χ1) is 15.2. The van der Waals surface area contributed by atoms with Crippen molar-refractivity contribution in [2.45, 2.75) is 36.6 Å². The van der Waals surface area contributed by atoms with Crippen LogP contribution in [0, 0.1) is 11.3 Å². The Labute approximate surface area is 186 Å². The van der Waals surface area contributed by atoms with Gasteiger partial charge in [0.25, 0.3) is 0 Å². The standard InChI is InChI=1S/C23H26N4O3S/c1-31-22-17(13-24)7-8-18(25-22)14-26-11-9-19(10-12-26)27-15-21(30-23(27)28)16-29-20-5-3-2-4-6-20/h2-8,19,21H,9-12,14-16H2,1H3. The van der Waals surface area contributed by atoms with Gasteiger partial charge < -0.3 is 14.4 Å². The number of aromatic nitrogens is 1. The molecule has 8 heteroatoms. The number of benzene rings is 1. The Morgan fingerprint density at radius 3 is 2.71 bits per heavy atom. The van der Waals surface area contributed by atoms with Gasteiger partial charge in [0.1, 0.15) is 23.5 Å². The quantitative estimate of drug-likeness (QED) is 0.612. The summed E-state index contributed by atoms with van der Waals surface area (Å²) in [5, 5.41) is 9.94. The monoisotopic (exact) mass is 438 g/mol. The number of cyclic esters (lactones) is 1. The van der Waals surface area contributed by atoms with Crippen molar-refractivity contribution in [3.05, 3.63) is 53.7 Å². The highest BCUT2D eigenvalue weighted by molar-refractivity contribution is 7.98. The summed E-state index contributed by atoms with van der Waals surface area (Å²) in [7, 11) is 0. The van der Waals surface area contributed by atoms with E-state index in [1.165, 1.54) is 11.8 Å². The average molecular weight is 439 g/mol. The Morgan fingerprint density at radius 1 is 1.23 bits per heavy atom. The number of nitriles is 1. The first-order valence-corrected chi connectivity index (χ1v) is 11.7. The van der Waals surface area contributed by atoms with Crippen molar-refractivity contribution < 1.29 is 14.3 Å². The second-order valence-electron chi connectivity index (χ2n) is 7.76. The predicted molar refractivity (Wildman–Crippen MR) is 118 cm³/mol. The maximum absolute atomic E-state index is 12.4. The molecule has 1 atom stereocenters. The third kappa shape index (κ3) is 5.30. The van der Waals surface area contributed by atoms with Crippen molar-refractivity contribution in [1.29, 1.82) is 5.26 Å². The molecule has 0 aliphatic carbocycles. The molecule has 3 heterocycles. The van der Waals surface area contributed by atoms with E-state index in [1.54, 1.807) is 0 Å². The van der Waals surface area contributed by atoms with Gasteiger partial charge in [-0.1, -0.05) is 18.2 Å². The van der Waals surface area contributed by atoms with Crippen LogP contribution in [0.4, 0.5) is 4.79 Å². The van der Waals surface area contributed by atoms with Crippen LogP contribution in [0.5, 0.6) is 5.75 Å². The number of likely N-dealkylation sites (tertiary alicyclic amines) is 1. The molecule has 1 amide bonds. The lowest BCUT2D eigenvalue weighted by Gasteiger charge is -2.35. The van der Waals surface area contributed by atoms with Gasteiger partial charge >= 0.3 is 6.09 Å². The molecule has 2 aromatic rings. The number of nitrogens with zero attached hydrogens (tertiary/aromatic N) is 4. The minimum atomic E-state index is -0.238. The molecule has 162 valence electrons. The van der Waals surface area contributed by atoms with E-state index in [1.807, 2.05) is 53.6 Å². The fourth-order valence-corrected chi connectivity index (χ4v) is 4.60. The lowest BCUT2D eigenvalue weighted by molar-refractivity contribution is 0.0970. The van der Waals surface area contributed by atoms with Crippen LogP contribution < -0.4 is 4.74 Å². The number of ether oxygens (including phenoxy) is 2. The maximum atomic E-state index is 12.4. The van der Waals surface area contributed by atoms with E-state index < -0.39 is 0 Å². The number of hydrogen-bond donors (Lipinski definition) is 0. The number of amides is 1. The van der Waals surface area contributed by atoms with Gasteiger partial charge in [0.05, 0.1) is 17.8 Å². The van der Waals surface area contributed by atoms with Gasteiger partial charge in [0.2, 0.25) is 0 Å². The second kappa shape index (κ2) is 10.0. The number of thioether (sulfide) groups is 1. The van der Waals surface area contributed by atoms with Crippen LogP contribution >= 0.6 is 11.8 Å². The average Bonchev–Trinajstić information content (AvgIpc) is 3.19. The van der Waals surface area contributed by atoms with Crippen LogP contribution in [0.3, 0.4) is 0 Å². The summed E-state index contributed by atoms with van der Waals surface area (Å²) in [6, 6.07) is 15.7. The van der Waals surface area contributed by atoms with E-state index in [9.17, 15) is 4.79 Å². The summed E-state index contributed by atoms with van der Waals surface area (Å²) >= 11 is 1.50. The predicted octanol–water partition coefficient (Wildman–Crippen LogP) is 3.54. The molecule has 2 saturated heterocycles. The van der Waals surface area contributed by atoms with Gasteiger partial charge in [-0.25, -0.2) is 9.78 Å². The molecule has 31 heavy (non-hydrogen) atoms. The smallest absolute Gasteiger partial charge is 0.410 e. The zero-order valence-electron chi connectivity index (χ0n) is 17.6. The minimum Gasteiger partial charge on any atom is -0.490 e. The van der Waals surface area contributed by atoms with Crippen molar-refractivity contribution >= 4 is 17.9 Å². The van der Waals surface area contributed by atoms with Crippen molar-refractivity contribution in [3.8, 4) is 11.8 Å². The fourth-order valence-electron chi connectivity index (χ4n) is 4.06. The van der Waals surface area contributed by atoms with Crippen LogP contribution in [0.2, 0.25) is 0 Å². The topological polar surface area (TPSA) is 78.7 Å². The Morgan fingerprint density at radius 2 is 2.00 bits per heavy atom. The zero-order chi connectivity index (χ0) is 21.6. The van der Waals surface area contributed by atoms with Crippen LogP contribution in [-0.2, 0) is 11.3 Å². The molecule has 1 aromatic heterocycles. The Balaban J connectivity index is 1.26. The largest absolute Gasteiger partial charge is 0.490 e. The van der Waals surface area contributed by atoms with E-state index in [0.717, 1.165) is 48.9 Å². The number of pyridine rings is 1. The Kier molecular flexibility index (Phi) is 6.95. The third-order valence-corrected chi connectivity index (χ3v) is 6.39. The molecule has 4 rings (SSSR count). The lowest BCUT2D eigenvalue weighted by Crippen LogP contribution is -2.45. The molecule has 7 nitrogen and oxygen atoms in total. The second-order valence-corrected chi connectivity index (χ2v) is 8.56. The summed E-state index contributed by atoms with van der Waals surface area (Å²) < 4.78 is 11.3. The van der Waals surface area contributed by atoms with E-state index in [4.69, 9.17) is 14.7 Å². The Bertz CT molecular complexity index is 942. The number of carbonyl (C=O) groups is 1. The van der Waals surface area contributed by atoms with Crippen LogP contribution in [0.1, 0.15) is 24.1 Å². The van der Waals surface area contributed by atoms with Crippen molar-refractivity contribution in [2.24, 2.45) is 0 Å². The van der Waals surface area contributed by atoms with Gasteiger partial charge in [0.15, 0.2) is 6.10 Å². The van der Waals surface area contributed by atoms with Crippen molar-refractivity contribution in [2.75, 3.05) is 32.5 Å². The molecular weight excluding hydrogens is 412 g/mol. The molecule has 2 fully saturated rings. The summed E-state index contributed by atoms with van der Waals surface area (Å²) in [5.41, 5.74) is 1.59. The summed E-state index contributed by atoms with van der Waals surface area (Å²) in [6.07, 6.45) is 3.28. The summed E-state index contributed by atoms with van der Waals surface area (Å²) in [5.74, 6) is 0.784. The SMILES string of the molecule is CSc1nc(CN2CCC(N3CC(COc4ccccc4)OC3=O)CC2)ccc1C#N. The number of rotatable bonds is 7. The van der Waals surface area contributed by atoms with Crippen LogP contribution in [0.15, 0.2) is 47.5 Å². The molecule has 0 radical (unpaired) electrons. The molecule has 0 bridgehead atoms. The van der Waals surface area contributed by atoms with Gasteiger partial charge in [-0.2, -0.15) is 5.26 Å².